The van der Waals surface area contributed by atoms with E-state index in [1.165, 1.54) is 4.90 Å². The highest BCUT2D eigenvalue weighted by Crippen LogP contribution is 2.31. The molecule has 3 rings (SSSR count). The van der Waals surface area contributed by atoms with Gasteiger partial charge in [0, 0.05) is 25.2 Å². The second-order valence-corrected chi connectivity index (χ2v) is 5.71. The number of benzene rings is 1. The Labute approximate surface area is 123 Å². The number of carbonyl (C=O) groups excluding carboxylic acids is 1. The van der Waals surface area contributed by atoms with E-state index in [2.05, 4.69) is 4.90 Å². The minimum absolute atomic E-state index is 0.0453. The fourth-order valence-corrected chi connectivity index (χ4v) is 3.23. The molecule has 0 aliphatic carbocycles. The van der Waals surface area contributed by atoms with Crippen molar-refractivity contribution < 1.29 is 26.7 Å². The van der Waals surface area contributed by atoms with Gasteiger partial charge in [-0.3, -0.25) is 9.69 Å². The van der Waals surface area contributed by atoms with E-state index < -0.39 is 40.6 Å². The molecule has 2 aliphatic heterocycles. The number of hydrogen-bond acceptors (Lipinski definition) is 2. The van der Waals surface area contributed by atoms with Crippen molar-refractivity contribution in [1.29, 1.82) is 0 Å². The highest BCUT2D eigenvalue weighted by Gasteiger charge is 2.41. The maximum atomic E-state index is 13.7. The van der Waals surface area contributed by atoms with E-state index in [0.717, 1.165) is 12.8 Å². The maximum absolute atomic E-state index is 13.7. The van der Waals surface area contributed by atoms with Crippen LogP contribution in [0.1, 0.15) is 23.2 Å². The number of amides is 1. The fourth-order valence-electron chi connectivity index (χ4n) is 3.23. The van der Waals surface area contributed by atoms with Crippen LogP contribution >= 0.6 is 0 Å². The van der Waals surface area contributed by atoms with Gasteiger partial charge < -0.3 is 4.90 Å². The van der Waals surface area contributed by atoms with E-state index in [9.17, 15) is 26.7 Å². The summed E-state index contributed by atoms with van der Waals surface area (Å²) in [6, 6.07) is 0.0907. The van der Waals surface area contributed by atoms with Gasteiger partial charge in [-0.05, 0) is 19.9 Å². The number of nitrogens with zero attached hydrogens (tertiary/aromatic N) is 2. The smallest absolute Gasteiger partial charge is 0.260 e. The topological polar surface area (TPSA) is 23.6 Å². The summed E-state index contributed by atoms with van der Waals surface area (Å²) in [5, 5.41) is 0. The molecule has 3 nitrogen and oxygen atoms in total. The molecule has 1 aromatic rings. The lowest BCUT2D eigenvalue weighted by atomic mass is 10.1. The van der Waals surface area contributed by atoms with Crippen molar-refractivity contribution in [3.63, 3.8) is 0 Å². The molecule has 2 heterocycles. The minimum atomic E-state index is -2.26. The average Bonchev–Trinajstić information content (AvgIpc) is 2.72. The zero-order valence-corrected chi connectivity index (χ0v) is 11.7. The van der Waals surface area contributed by atoms with E-state index in [4.69, 9.17) is 0 Å². The summed E-state index contributed by atoms with van der Waals surface area (Å²) in [6.07, 6.45) is 1.67. The van der Waals surface area contributed by atoms with Gasteiger partial charge in [-0.1, -0.05) is 0 Å². The van der Waals surface area contributed by atoms with E-state index in [0.29, 0.717) is 0 Å². The molecule has 1 amide bonds. The number of fused-ring (bicyclic) bond motifs is 2. The zero-order valence-electron chi connectivity index (χ0n) is 11.7. The van der Waals surface area contributed by atoms with Crippen molar-refractivity contribution in [2.45, 2.75) is 24.9 Å². The zero-order chi connectivity index (χ0) is 16.2. The lowest BCUT2D eigenvalue weighted by molar-refractivity contribution is 0.0512. The summed E-state index contributed by atoms with van der Waals surface area (Å²) in [7, 11) is 1.89. The molecule has 8 heteroatoms. The van der Waals surface area contributed by atoms with Gasteiger partial charge in [-0.25, -0.2) is 22.0 Å². The van der Waals surface area contributed by atoms with Crippen LogP contribution in [0, 0.1) is 29.1 Å². The van der Waals surface area contributed by atoms with Gasteiger partial charge in [0.15, 0.2) is 23.3 Å². The number of carbonyl (C=O) groups is 1. The van der Waals surface area contributed by atoms with Crippen LogP contribution in [0.2, 0.25) is 0 Å². The first-order chi connectivity index (χ1) is 10.3. The normalized spacial score (nSPS) is 24.9. The Morgan fingerprint density at radius 3 is 1.73 bits per heavy atom. The van der Waals surface area contributed by atoms with Gasteiger partial charge in [0.05, 0.1) is 0 Å². The Morgan fingerprint density at radius 2 is 1.27 bits per heavy atom. The Balaban J connectivity index is 1.97. The Hall–Kier alpha value is -1.70. The third-order valence-electron chi connectivity index (χ3n) is 4.56. The molecule has 2 saturated heterocycles. The summed E-state index contributed by atoms with van der Waals surface area (Å²) in [5.74, 6) is -11.8. The SMILES string of the molecule is CN1C2CCC1CN(C(=O)c1c(F)c(F)c(F)c(F)c1F)C2. The van der Waals surface area contributed by atoms with Gasteiger partial charge in [-0.15, -0.1) is 0 Å². The molecule has 2 bridgehead atoms. The van der Waals surface area contributed by atoms with Gasteiger partial charge in [-0.2, -0.15) is 0 Å². The van der Waals surface area contributed by atoms with Crippen LogP contribution in [0.5, 0.6) is 0 Å². The van der Waals surface area contributed by atoms with Crippen molar-refractivity contribution in [2.24, 2.45) is 0 Å². The van der Waals surface area contributed by atoms with Crippen LogP contribution in [0.3, 0.4) is 0 Å². The molecule has 0 N–H and O–H groups in total. The fraction of sp³-hybridized carbons (Fsp3) is 0.500. The van der Waals surface area contributed by atoms with Gasteiger partial charge >= 0.3 is 0 Å². The summed E-state index contributed by atoms with van der Waals surface area (Å²) in [4.78, 5) is 15.5. The van der Waals surface area contributed by atoms with Crippen molar-refractivity contribution in [1.82, 2.24) is 9.80 Å². The van der Waals surface area contributed by atoms with E-state index in [1.54, 1.807) is 0 Å². The summed E-state index contributed by atoms with van der Waals surface area (Å²) in [5.41, 5.74) is -1.37. The second kappa shape index (κ2) is 5.19. The number of hydrogen-bond donors (Lipinski definition) is 0. The first kappa shape index (κ1) is 15.2. The number of likely N-dealkylation sites (N-methyl/N-ethyl adjacent to an activating group) is 1. The largest absolute Gasteiger partial charge is 0.335 e. The number of halogens is 5. The molecule has 0 aromatic heterocycles. The lowest BCUT2D eigenvalue weighted by Gasteiger charge is -2.38. The van der Waals surface area contributed by atoms with Crippen LogP contribution in [0.4, 0.5) is 22.0 Å². The standard InChI is InChI=1S/C14H13F5N2O/c1-20-6-2-3-7(20)5-21(4-6)14(22)8-9(15)11(17)13(19)12(18)10(8)16/h6-7H,2-5H2,1H3. The van der Waals surface area contributed by atoms with Crippen molar-refractivity contribution in [3.05, 3.63) is 34.6 Å². The van der Waals surface area contributed by atoms with Crippen LogP contribution in [-0.4, -0.2) is 47.9 Å². The summed E-state index contributed by atoms with van der Waals surface area (Å²) >= 11 is 0. The first-order valence-electron chi connectivity index (χ1n) is 6.85. The Bertz CT molecular complexity index is 608. The number of piperazine rings is 1. The molecular weight excluding hydrogens is 307 g/mol. The molecule has 0 saturated carbocycles. The monoisotopic (exact) mass is 320 g/mol. The number of likely N-dealkylation sites (tertiary alicyclic amines) is 1. The van der Waals surface area contributed by atoms with Crippen molar-refractivity contribution >= 4 is 5.91 Å². The van der Waals surface area contributed by atoms with Gasteiger partial charge in [0.1, 0.15) is 5.56 Å². The predicted molar refractivity (Wildman–Crippen MR) is 66.7 cm³/mol. The molecule has 2 aliphatic rings. The van der Waals surface area contributed by atoms with Crippen LogP contribution in [0.15, 0.2) is 0 Å². The highest BCUT2D eigenvalue weighted by atomic mass is 19.2. The average molecular weight is 320 g/mol. The predicted octanol–water partition coefficient (Wildman–Crippen LogP) is 2.30. The highest BCUT2D eigenvalue weighted by molar-refractivity contribution is 5.95. The van der Waals surface area contributed by atoms with Crippen LogP contribution in [-0.2, 0) is 0 Å². The molecule has 120 valence electrons. The summed E-state index contributed by atoms with van der Waals surface area (Å²) < 4.78 is 66.9. The molecule has 22 heavy (non-hydrogen) atoms. The second-order valence-electron chi connectivity index (χ2n) is 5.71. The van der Waals surface area contributed by atoms with Crippen molar-refractivity contribution in [2.75, 3.05) is 20.1 Å². The molecule has 2 unspecified atom stereocenters. The van der Waals surface area contributed by atoms with Gasteiger partial charge in [0.2, 0.25) is 5.82 Å². The Kier molecular flexibility index (Phi) is 3.58. The third kappa shape index (κ3) is 2.08. The number of rotatable bonds is 1. The third-order valence-corrected chi connectivity index (χ3v) is 4.56. The molecule has 0 spiro atoms. The molecule has 2 atom stereocenters. The molecule has 2 fully saturated rings. The Morgan fingerprint density at radius 1 is 0.864 bits per heavy atom. The lowest BCUT2D eigenvalue weighted by Crippen LogP contribution is -2.54. The van der Waals surface area contributed by atoms with Crippen LogP contribution < -0.4 is 0 Å². The summed E-state index contributed by atoms with van der Waals surface area (Å²) in [6.45, 7) is 0.427. The molecule has 0 radical (unpaired) electrons. The van der Waals surface area contributed by atoms with E-state index in [1.807, 2.05) is 7.05 Å². The van der Waals surface area contributed by atoms with E-state index in [-0.39, 0.29) is 25.2 Å². The van der Waals surface area contributed by atoms with E-state index >= 15 is 0 Å². The maximum Gasteiger partial charge on any atom is 0.260 e. The molecule has 1 aromatic carbocycles. The van der Waals surface area contributed by atoms with Crippen LogP contribution in [0.25, 0.3) is 0 Å². The first-order valence-corrected chi connectivity index (χ1v) is 6.85. The van der Waals surface area contributed by atoms with Crippen molar-refractivity contribution in [3.8, 4) is 0 Å². The molecular formula is C14H13F5N2O. The minimum Gasteiger partial charge on any atom is -0.335 e. The van der Waals surface area contributed by atoms with Gasteiger partial charge in [0.25, 0.3) is 5.91 Å². The quantitative estimate of drug-likeness (QED) is 0.450.